The van der Waals surface area contributed by atoms with Crippen molar-refractivity contribution in [1.29, 1.82) is 5.26 Å². The van der Waals surface area contributed by atoms with Gasteiger partial charge in [0.2, 0.25) is 5.95 Å². The fraction of sp³-hybridized carbons (Fsp3) is 0. The molecule has 0 aliphatic carbocycles. The van der Waals surface area contributed by atoms with E-state index in [0.717, 1.165) is 82.4 Å². The van der Waals surface area contributed by atoms with Gasteiger partial charge in [-0.05, 0) is 78.9 Å². The van der Waals surface area contributed by atoms with Gasteiger partial charge in [0.1, 0.15) is 0 Å². The minimum atomic E-state index is 0.413. The SMILES string of the molecule is [C-]#[N+]c1ccc(-n2c3ccccc3c3ccc4c(c5ccccc5n4-c4ccccc4)c32)c(-c2nc(-c3ccc(C#N)cc3)nc(-n3c4ccccc4c4ccccc43)n2)c1. The van der Waals surface area contributed by atoms with Crippen molar-refractivity contribution in [2.75, 3.05) is 0 Å². The van der Waals surface area contributed by atoms with E-state index in [1.54, 1.807) is 12.1 Å². The van der Waals surface area contributed by atoms with Crippen LogP contribution in [0.4, 0.5) is 5.69 Å². The summed E-state index contributed by atoms with van der Waals surface area (Å²) in [6.07, 6.45) is 0. The van der Waals surface area contributed by atoms with Gasteiger partial charge in [-0.3, -0.25) is 4.57 Å². The first-order valence-corrected chi connectivity index (χ1v) is 20.0. The van der Waals surface area contributed by atoms with Gasteiger partial charge in [0.05, 0.1) is 57.0 Å². The molecule has 61 heavy (non-hydrogen) atoms. The second-order valence-corrected chi connectivity index (χ2v) is 15.1. The molecule has 12 aromatic rings. The highest BCUT2D eigenvalue weighted by molar-refractivity contribution is 6.26. The lowest BCUT2D eigenvalue weighted by atomic mass is 10.1. The number of nitriles is 1. The zero-order valence-corrected chi connectivity index (χ0v) is 32.4. The van der Waals surface area contributed by atoms with Crippen LogP contribution in [0.15, 0.2) is 182 Å². The Bertz CT molecular complexity index is 3790. The predicted octanol–water partition coefficient (Wildman–Crippen LogP) is 12.9. The third-order valence-electron chi connectivity index (χ3n) is 11.8. The normalized spacial score (nSPS) is 11.6. The van der Waals surface area contributed by atoms with Crippen molar-refractivity contribution in [1.82, 2.24) is 28.7 Å². The highest BCUT2D eigenvalue weighted by Gasteiger charge is 2.24. The number of fused-ring (bicyclic) bond motifs is 10. The molecule has 0 fully saturated rings. The molecule has 8 nitrogen and oxygen atoms in total. The Labute approximate surface area is 348 Å². The summed E-state index contributed by atoms with van der Waals surface area (Å²) in [5.41, 5.74) is 10.5. The highest BCUT2D eigenvalue weighted by Crippen LogP contribution is 2.44. The molecule has 0 bridgehead atoms. The van der Waals surface area contributed by atoms with E-state index in [1.807, 2.05) is 60.7 Å². The number of hydrogen-bond donors (Lipinski definition) is 0. The van der Waals surface area contributed by atoms with Crippen LogP contribution in [-0.4, -0.2) is 28.7 Å². The van der Waals surface area contributed by atoms with Crippen molar-refractivity contribution in [3.8, 4) is 46.2 Å². The Morgan fingerprint density at radius 1 is 0.475 bits per heavy atom. The standard InChI is InChI=1S/C53H30N8/c1-55-35-27-29-47(60-43-19-9-7-17-39(43)40-28-30-48-49(50(40)60)41-18-8-12-22-46(41)59(48)36-13-3-2-4-14-36)42(31-35)52-56-51(34-25-23-33(32-54)24-26-34)57-53(58-52)61-44-20-10-5-15-37(44)38-16-6-11-21-45(38)61/h2-31H. The third kappa shape index (κ3) is 5.13. The lowest BCUT2D eigenvalue weighted by Gasteiger charge is -2.16. The molecule has 0 aliphatic rings. The Balaban J connectivity index is 1.21. The highest BCUT2D eigenvalue weighted by atomic mass is 15.2. The maximum Gasteiger partial charge on any atom is 0.238 e. The van der Waals surface area contributed by atoms with Crippen LogP contribution in [0.25, 0.3) is 110 Å². The van der Waals surface area contributed by atoms with Gasteiger partial charge in [0.25, 0.3) is 0 Å². The molecule has 0 saturated heterocycles. The minimum absolute atomic E-state index is 0.413. The van der Waals surface area contributed by atoms with E-state index in [2.05, 4.69) is 134 Å². The Morgan fingerprint density at radius 3 is 1.70 bits per heavy atom. The predicted molar refractivity (Wildman–Crippen MR) is 245 cm³/mol. The van der Waals surface area contributed by atoms with Crippen LogP contribution in [0, 0.1) is 17.9 Å². The molecule has 0 unspecified atom stereocenters. The first kappa shape index (κ1) is 34.2. The van der Waals surface area contributed by atoms with Gasteiger partial charge < -0.3 is 9.13 Å². The van der Waals surface area contributed by atoms with E-state index in [1.165, 1.54) is 0 Å². The number of nitrogens with zero attached hydrogens (tertiary/aromatic N) is 8. The van der Waals surface area contributed by atoms with Crippen molar-refractivity contribution in [3.63, 3.8) is 0 Å². The second-order valence-electron chi connectivity index (χ2n) is 15.1. The maximum atomic E-state index is 9.64. The van der Waals surface area contributed by atoms with Crippen molar-refractivity contribution in [2.45, 2.75) is 0 Å². The monoisotopic (exact) mass is 778 g/mol. The van der Waals surface area contributed by atoms with Crippen molar-refractivity contribution >= 4 is 71.1 Å². The number of para-hydroxylation sites is 5. The van der Waals surface area contributed by atoms with Crippen LogP contribution in [0.2, 0.25) is 0 Å². The van der Waals surface area contributed by atoms with Crippen LogP contribution in [-0.2, 0) is 0 Å². The van der Waals surface area contributed by atoms with Gasteiger partial charge in [-0.15, -0.1) is 0 Å². The molecular weight excluding hydrogens is 749 g/mol. The number of hydrogen-bond acceptors (Lipinski definition) is 4. The molecule has 0 aliphatic heterocycles. The Kier molecular flexibility index (Phi) is 7.49. The molecule has 0 radical (unpaired) electrons. The van der Waals surface area contributed by atoms with E-state index < -0.39 is 0 Å². The minimum Gasteiger partial charge on any atom is -0.309 e. The van der Waals surface area contributed by atoms with Gasteiger partial charge in [-0.25, -0.2) is 9.83 Å². The molecule has 0 saturated carbocycles. The summed E-state index contributed by atoms with van der Waals surface area (Å²) in [6.45, 7) is 8.18. The summed E-state index contributed by atoms with van der Waals surface area (Å²) in [5.74, 6) is 1.30. The summed E-state index contributed by atoms with van der Waals surface area (Å²) in [6, 6.07) is 63.9. The zero-order valence-electron chi connectivity index (χ0n) is 32.4. The van der Waals surface area contributed by atoms with E-state index >= 15 is 0 Å². The fourth-order valence-corrected chi connectivity index (χ4v) is 9.13. The smallest absolute Gasteiger partial charge is 0.238 e. The molecule has 4 aromatic heterocycles. The third-order valence-corrected chi connectivity index (χ3v) is 11.8. The van der Waals surface area contributed by atoms with Gasteiger partial charge in [-0.1, -0.05) is 103 Å². The second kappa shape index (κ2) is 13.4. The van der Waals surface area contributed by atoms with Crippen LogP contribution >= 0.6 is 0 Å². The van der Waals surface area contributed by atoms with Crippen LogP contribution in [0.1, 0.15) is 5.56 Å². The summed E-state index contributed by atoms with van der Waals surface area (Å²) in [4.78, 5) is 19.6. The topological polar surface area (TPSA) is 81.6 Å². The lowest BCUT2D eigenvalue weighted by molar-refractivity contribution is 0.952. The molecule has 4 heterocycles. The van der Waals surface area contributed by atoms with E-state index in [4.69, 9.17) is 21.5 Å². The largest absolute Gasteiger partial charge is 0.309 e. The van der Waals surface area contributed by atoms with Gasteiger partial charge in [0, 0.05) is 49.1 Å². The van der Waals surface area contributed by atoms with E-state index in [0.29, 0.717) is 34.4 Å². The van der Waals surface area contributed by atoms with Gasteiger partial charge in [-0.2, -0.15) is 15.2 Å². The fourth-order valence-electron chi connectivity index (χ4n) is 9.13. The molecule has 0 spiro atoms. The van der Waals surface area contributed by atoms with E-state index in [-0.39, 0.29) is 0 Å². The Hall–Kier alpha value is -8.85. The van der Waals surface area contributed by atoms with Gasteiger partial charge in [0.15, 0.2) is 17.3 Å². The van der Waals surface area contributed by atoms with Crippen molar-refractivity contribution in [2.24, 2.45) is 0 Å². The van der Waals surface area contributed by atoms with Crippen LogP contribution in [0.5, 0.6) is 0 Å². The number of benzene rings is 8. The van der Waals surface area contributed by atoms with E-state index in [9.17, 15) is 5.26 Å². The Morgan fingerprint density at radius 2 is 1.05 bits per heavy atom. The summed E-state index contributed by atoms with van der Waals surface area (Å²) in [5, 5.41) is 16.3. The molecule has 8 heteroatoms. The average molecular weight is 779 g/mol. The van der Waals surface area contributed by atoms with Gasteiger partial charge >= 0.3 is 0 Å². The maximum absolute atomic E-state index is 9.64. The average Bonchev–Trinajstić information content (AvgIpc) is 3.97. The lowest BCUT2D eigenvalue weighted by Crippen LogP contribution is -2.08. The molecule has 12 rings (SSSR count). The summed E-state index contributed by atoms with van der Waals surface area (Å²) in [7, 11) is 0. The summed E-state index contributed by atoms with van der Waals surface area (Å²) >= 11 is 0. The molecular formula is C53H30N8. The molecule has 282 valence electrons. The molecule has 0 atom stereocenters. The zero-order chi connectivity index (χ0) is 40.6. The van der Waals surface area contributed by atoms with Crippen molar-refractivity contribution in [3.05, 3.63) is 199 Å². The molecule has 0 N–H and O–H groups in total. The quantitative estimate of drug-likeness (QED) is 0.163. The molecule has 8 aromatic carbocycles. The number of aromatic nitrogens is 6. The number of rotatable bonds is 5. The van der Waals surface area contributed by atoms with Crippen LogP contribution < -0.4 is 0 Å². The first-order valence-electron chi connectivity index (χ1n) is 20.0. The molecule has 0 amide bonds. The first-order chi connectivity index (χ1) is 30.2. The summed E-state index contributed by atoms with van der Waals surface area (Å²) < 4.78 is 6.75. The van der Waals surface area contributed by atoms with Crippen LogP contribution in [0.3, 0.4) is 0 Å². The van der Waals surface area contributed by atoms with Crippen molar-refractivity contribution < 1.29 is 0 Å².